The quantitative estimate of drug-likeness (QED) is 0.0197. The standard InChI is InChI=1S/C58H104NO7P/c1-6-8-10-12-14-16-18-20-22-24-26-27-28-29-30-31-32-34-36-38-40-42-44-46-48-50-53-63-55-57(56-65-67(61,62)64-54-52-59(3,4)5)66-58(60)51-49-47-45-43-41-39-37-35-33-25-23-21-19-17-15-13-11-9-7-2/h9,11,15,17-18,20-21,23-24,26,28-29,33,35,57H,6-8,10,12-14,16,19,22,25,27,30-32,34,36-56H2,1-5H3/b11-9-,17-15-,20-18-,23-21-,26-24-,29-28-,35-33-. The molecule has 0 heterocycles. The van der Waals surface area contributed by atoms with Crippen LogP contribution in [0.5, 0.6) is 0 Å². The fraction of sp³-hybridized carbons (Fsp3) is 0.741. The molecule has 0 saturated heterocycles. The molecule has 2 unspecified atom stereocenters. The Morgan fingerprint density at radius 3 is 1.30 bits per heavy atom. The van der Waals surface area contributed by atoms with E-state index in [1.54, 1.807) is 0 Å². The van der Waals surface area contributed by atoms with Crippen LogP contribution in [0, 0.1) is 0 Å². The predicted octanol–water partition coefficient (Wildman–Crippen LogP) is 16.5. The van der Waals surface area contributed by atoms with Crippen LogP contribution in [0.2, 0.25) is 0 Å². The van der Waals surface area contributed by atoms with Crippen molar-refractivity contribution in [3.8, 4) is 0 Å². The molecule has 0 spiro atoms. The van der Waals surface area contributed by atoms with Gasteiger partial charge in [-0.25, -0.2) is 0 Å². The van der Waals surface area contributed by atoms with Gasteiger partial charge in [0, 0.05) is 13.0 Å². The zero-order valence-corrected chi connectivity index (χ0v) is 45.0. The van der Waals surface area contributed by atoms with Gasteiger partial charge in [-0.2, -0.15) is 0 Å². The minimum absolute atomic E-state index is 0.0183. The van der Waals surface area contributed by atoms with Gasteiger partial charge in [0.25, 0.3) is 7.82 Å². The van der Waals surface area contributed by atoms with Crippen LogP contribution in [0.1, 0.15) is 219 Å². The number of hydrogen-bond donors (Lipinski definition) is 0. The van der Waals surface area contributed by atoms with Crippen LogP contribution in [-0.2, 0) is 27.9 Å². The lowest BCUT2D eigenvalue weighted by Gasteiger charge is -2.28. The fourth-order valence-electron chi connectivity index (χ4n) is 7.25. The molecule has 67 heavy (non-hydrogen) atoms. The number of phosphoric ester groups is 1. The van der Waals surface area contributed by atoms with E-state index in [9.17, 15) is 14.3 Å². The number of quaternary nitrogens is 1. The summed E-state index contributed by atoms with van der Waals surface area (Å²) in [6.45, 7) is 5.26. The van der Waals surface area contributed by atoms with Crippen LogP contribution >= 0.6 is 7.82 Å². The van der Waals surface area contributed by atoms with Crippen LogP contribution in [0.25, 0.3) is 0 Å². The number of likely N-dealkylation sites (N-methyl/N-ethyl adjacent to an activating group) is 1. The Hall–Kier alpha value is -2.32. The lowest BCUT2D eigenvalue weighted by atomic mass is 10.1. The van der Waals surface area contributed by atoms with Gasteiger partial charge in [-0.1, -0.05) is 208 Å². The second kappa shape index (κ2) is 50.1. The van der Waals surface area contributed by atoms with E-state index in [0.717, 1.165) is 83.5 Å². The number of rotatable bonds is 50. The molecule has 0 N–H and O–H groups in total. The first-order valence-electron chi connectivity index (χ1n) is 27.3. The number of phosphoric acid groups is 1. The van der Waals surface area contributed by atoms with E-state index in [1.165, 1.54) is 116 Å². The molecule has 0 aromatic heterocycles. The molecule has 0 fully saturated rings. The van der Waals surface area contributed by atoms with Gasteiger partial charge < -0.3 is 27.9 Å². The van der Waals surface area contributed by atoms with Crippen molar-refractivity contribution in [2.75, 3.05) is 54.1 Å². The fourth-order valence-corrected chi connectivity index (χ4v) is 7.98. The number of hydrogen-bond acceptors (Lipinski definition) is 7. The molecule has 0 rings (SSSR count). The Labute approximate surface area is 414 Å². The number of carbonyl (C=O) groups is 1. The van der Waals surface area contributed by atoms with Crippen molar-refractivity contribution in [3.63, 3.8) is 0 Å². The Kier molecular flexibility index (Phi) is 48.3. The smallest absolute Gasteiger partial charge is 0.306 e. The van der Waals surface area contributed by atoms with Gasteiger partial charge in [-0.15, -0.1) is 0 Å². The molecule has 0 amide bonds. The molecule has 9 heteroatoms. The van der Waals surface area contributed by atoms with E-state index in [2.05, 4.69) is 98.9 Å². The van der Waals surface area contributed by atoms with Gasteiger partial charge in [-0.3, -0.25) is 9.36 Å². The second-order valence-corrected chi connectivity index (χ2v) is 20.6. The van der Waals surface area contributed by atoms with Crippen molar-refractivity contribution in [1.82, 2.24) is 0 Å². The van der Waals surface area contributed by atoms with Gasteiger partial charge in [-0.05, 0) is 89.9 Å². The summed E-state index contributed by atoms with van der Waals surface area (Å²) in [5.41, 5.74) is 0. The summed E-state index contributed by atoms with van der Waals surface area (Å²) in [6, 6.07) is 0. The molecule has 0 aromatic carbocycles. The summed E-state index contributed by atoms with van der Waals surface area (Å²) in [6.07, 6.45) is 67.6. The van der Waals surface area contributed by atoms with Gasteiger partial charge in [0.15, 0.2) is 0 Å². The van der Waals surface area contributed by atoms with E-state index in [4.69, 9.17) is 18.5 Å². The minimum atomic E-state index is -4.54. The van der Waals surface area contributed by atoms with Crippen molar-refractivity contribution in [3.05, 3.63) is 85.1 Å². The molecular formula is C58H104NO7P. The molecule has 388 valence electrons. The van der Waals surface area contributed by atoms with Gasteiger partial charge in [0.05, 0.1) is 34.4 Å². The highest BCUT2D eigenvalue weighted by Gasteiger charge is 2.20. The SMILES string of the molecule is CC/C=C\C/C=C\C/C=C\C/C=C\CCCCCCCCC(=O)OC(COCCCCCCCCCCCCC/C=C\C/C=C\C/C=C\CCCCCCC)COP(=O)([O-])OCC[N+](C)(C)C. The average molecular weight is 958 g/mol. The van der Waals surface area contributed by atoms with Crippen LogP contribution in [-0.4, -0.2) is 70.7 Å². The summed E-state index contributed by atoms with van der Waals surface area (Å²) in [5, 5.41) is 0. The first-order valence-corrected chi connectivity index (χ1v) is 28.8. The number of unbranched alkanes of at least 4 members (excludes halogenated alkanes) is 22. The first kappa shape index (κ1) is 64.7. The largest absolute Gasteiger partial charge is 0.756 e. The zero-order chi connectivity index (χ0) is 49.0. The topological polar surface area (TPSA) is 94.1 Å². The molecule has 8 nitrogen and oxygen atoms in total. The highest BCUT2D eigenvalue weighted by molar-refractivity contribution is 7.45. The molecule has 0 radical (unpaired) electrons. The summed E-state index contributed by atoms with van der Waals surface area (Å²) in [5.74, 6) is -0.350. The van der Waals surface area contributed by atoms with Crippen LogP contribution in [0.3, 0.4) is 0 Å². The second-order valence-electron chi connectivity index (χ2n) is 19.2. The summed E-state index contributed by atoms with van der Waals surface area (Å²) < 4.78 is 34.8. The molecule has 2 atom stereocenters. The molecular weight excluding hydrogens is 854 g/mol. The third-order valence-electron chi connectivity index (χ3n) is 11.4. The first-order chi connectivity index (χ1) is 32.6. The molecule has 0 saturated carbocycles. The van der Waals surface area contributed by atoms with Crippen LogP contribution < -0.4 is 4.89 Å². The van der Waals surface area contributed by atoms with Crippen LogP contribution in [0.15, 0.2) is 85.1 Å². The predicted molar refractivity (Wildman–Crippen MR) is 286 cm³/mol. The minimum Gasteiger partial charge on any atom is -0.756 e. The Morgan fingerprint density at radius 2 is 0.866 bits per heavy atom. The maximum Gasteiger partial charge on any atom is 0.306 e. The lowest BCUT2D eigenvalue weighted by molar-refractivity contribution is -0.870. The number of carbonyl (C=O) groups excluding carboxylic acids is 1. The molecule has 0 aliphatic heterocycles. The third-order valence-corrected chi connectivity index (χ3v) is 12.4. The normalized spacial score (nSPS) is 14.2. The number of esters is 1. The highest BCUT2D eigenvalue weighted by atomic mass is 31.2. The van der Waals surface area contributed by atoms with E-state index in [0.29, 0.717) is 24.1 Å². The molecule has 0 aromatic rings. The van der Waals surface area contributed by atoms with Gasteiger partial charge in [0.1, 0.15) is 19.3 Å². The highest BCUT2D eigenvalue weighted by Crippen LogP contribution is 2.38. The Bertz CT molecular complexity index is 1340. The summed E-state index contributed by atoms with van der Waals surface area (Å²) >= 11 is 0. The van der Waals surface area contributed by atoms with Crippen molar-refractivity contribution < 1.29 is 37.3 Å². The van der Waals surface area contributed by atoms with E-state index in [1.807, 2.05) is 21.1 Å². The molecule has 0 aliphatic rings. The molecule has 0 aliphatic carbocycles. The average Bonchev–Trinajstić information content (AvgIpc) is 3.29. The summed E-state index contributed by atoms with van der Waals surface area (Å²) in [4.78, 5) is 25.2. The molecule has 0 bridgehead atoms. The van der Waals surface area contributed by atoms with Crippen molar-refractivity contribution in [1.29, 1.82) is 0 Å². The number of ether oxygens (including phenoxy) is 2. The Morgan fingerprint density at radius 1 is 0.478 bits per heavy atom. The van der Waals surface area contributed by atoms with Gasteiger partial charge in [0.2, 0.25) is 0 Å². The maximum atomic E-state index is 12.8. The Balaban J connectivity index is 4.13. The third kappa shape index (κ3) is 54.5. The van der Waals surface area contributed by atoms with E-state index < -0.39 is 13.9 Å². The number of allylic oxidation sites excluding steroid dienone is 14. The van der Waals surface area contributed by atoms with Crippen LogP contribution in [0.4, 0.5) is 0 Å². The number of nitrogens with zero attached hydrogens (tertiary/aromatic N) is 1. The van der Waals surface area contributed by atoms with E-state index >= 15 is 0 Å². The monoisotopic (exact) mass is 958 g/mol. The van der Waals surface area contributed by atoms with Crippen molar-refractivity contribution in [2.45, 2.75) is 225 Å². The van der Waals surface area contributed by atoms with Crippen molar-refractivity contribution in [2.24, 2.45) is 0 Å². The van der Waals surface area contributed by atoms with Crippen molar-refractivity contribution >= 4 is 13.8 Å². The van der Waals surface area contributed by atoms with E-state index in [-0.39, 0.29) is 25.8 Å². The zero-order valence-electron chi connectivity index (χ0n) is 44.1. The van der Waals surface area contributed by atoms with Gasteiger partial charge >= 0.3 is 5.97 Å². The summed E-state index contributed by atoms with van der Waals surface area (Å²) in [7, 11) is 1.34. The maximum absolute atomic E-state index is 12.8. The lowest BCUT2D eigenvalue weighted by Crippen LogP contribution is -2.37.